The van der Waals surface area contributed by atoms with Crippen LogP contribution in [0.4, 0.5) is 0 Å². The predicted molar refractivity (Wildman–Crippen MR) is 88.2 cm³/mol. The highest BCUT2D eigenvalue weighted by atomic mass is 79.9. The maximum absolute atomic E-state index is 12.5. The largest absolute Gasteiger partial charge is 0.339 e. The number of hydrogen-bond donors (Lipinski definition) is 0. The molecule has 1 heterocycles. The van der Waals surface area contributed by atoms with Gasteiger partial charge in [0, 0.05) is 35.5 Å². The number of halogens is 1. The predicted octanol–water partition coefficient (Wildman–Crippen LogP) is 3.09. The molecule has 5 heteroatoms. The molecule has 0 radical (unpaired) electrons. The third kappa shape index (κ3) is 4.24. The Balaban J connectivity index is 1.89. The first-order chi connectivity index (χ1) is 9.60. The fourth-order valence-electron chi connectivity index (χ4n) is 2.34. The van der Waals surface area contributed by atoms with Gasteiger partial charge in [-0.3, -0.25) is 4.79 Å². The van der Waals surface area contributed by atoms with Crippen LogP contribution in [0.3, 0.4) is 0 Å². The van der Waals surface area contributed by atoms with Crippen LogP contribution in [-0.2, 0) is 4.79 Å². The van der Waals surface area contributed by atoms with E-state index >= 15 is 0 Å². The zero-order chi connectivity index (χ0) is 14.5. The topological polar surface area (TPSA) is 23.6 Å². The number of nitrogens with zero attached hydrogens (tertiary/aromatic N) is 2. The maximum atomic E-state index is 12.5. The first-order valence-electron chi connectivity index (χ1n) is 7.03. The normalized spacial score (nSPS) is 18.1. The first-order valence-corrected chi connectivity index (χ1v) is 8.70. The van der Waals surface area contributed by atoms with Crippen molar-refractivity contribution in [1.82, 2.24) is 9.80 Å². The van der Waals surface area contributed by atoms with Gasteiger partial charge in [-0.2, -0.15) is 0 Å². The fourth-order valence-corrected chi connectivity index (χ4v) is 3.90. The van der Waals surface area contributed by atoms with Gasteiger partial charge in [0.2, 0.25) is 5.91 Å². The molecule has 1 atom stereocenters. The van der Waals surface area contributed by atoms with Crippen molar-refractivity contribution < 1.29 is 4.79 Å². The highest BCUT2D eigenvalue weighted by Gasteiger charge is 2.24. The average molecular weight is 357 g/mol. The molecule has 20 heavy (non-hydrogen) atoms. The molecule has 1 aromatic carbocycles. The molecule has 0 aliphatic carbocycles. The first kappa shape index (κ1) is 15.9. The highest BCUT2D eigenvalue weighted by molar-refractivity contribution is 9.10. The Kier molecular flexibility index (Phi) is 5.93. The van der Waals surface area contributed by atoms with Gasteiger partial charge in [0.25, 0.3) is 0 Å². The van der Waals surface area contributed by atoms with Gasteiger partial charge in [-0.1, -0.05) is 28.9 Å². The second-order valence-corrected chi connectivity index (χ2v) is 7.31. The summed E-state index contributed by atoms with van der Waals surface area (Å²) in [5, 5.41) is -0.0301. The molecule has 110 valence electrons. The minimum Gasteiger partial charge on any atom is -0.339 e. The van der Waals surface area contributed by atoms with Crippen LogP contribution in [-0.4, -0.2) is 53.7 Å². The Morgan fingerprint density at radius 3 is 2.65 bits per heavy atom. The summed E-state index contributed by atoms with van der Waals surface area (Å²) in [6.07, 6.45) is 0. The Bertz CT molecular complexity index is 461. The summed E-state index contributed by atoms with van der Waals surface area (Å²) in [4.78, 5) is 18.0. The second kappa shape index (κ2) is 7.48. The molecule has 1 saturated heterocycles. The Labute approximate surface area is 133 Å². The third-order valence-corrected chi connectivity index (χ3v) is 5.16. The van der Waals surface area contributed by atoms with E-state index in [-0.39, 0.29) is 11.2 Å². The quantitative estimate of drug-likeness (QED) is 0.774. The van der Waals surface area contributed by atoms with Gasteiger partial charge in [-0.05, 0) is 31.7 Å². The molecular weight excluding hydrogens is 336 g/mol. The van der Waals surface area contributed by atoms with Crippen LogP contribution >= 0.6 is 27.7 Å². The third-order valence-electron chi connectivity index (χ3n) is 3.59. The Morgan fingerprint density at radius 2 is 2.05 bits per heavy atom. The van der Waals surface area contributed by atoms with Crippen molar-refractivity contribution in [3.05, 3.63) is 28.7 Å². The molecule has 0 bridgehead atoms. The number of piperazine rings is 1. The zero-order valence-corrected chi connectivity index (χ0v) is 14.4. The van der Waals surface area contributed by atoms with Gasteiger partial charge in [-0.15, -0.1) is 11.8 Å². The number of thioether (sulfide) groups is 1. The highest BCUT2D eigenvalue weighted by Crippen LogP contribution is 2.27. The van der Waals surface area contributed by atoms with E-state index in [9.17, 15) is 4.79 Å². The lowest BCUT2D eigenvalue weighted by Crippen LogP contribution is -2.50. The summed E-state index contributed by atoms with van der Waals surface area (Å²) >= 11 is 5.10. The van der Waals surface area contributed by atoms with Crippen LogP contribution in [0.25, 0.3) is 0 Å². The van der Waals surface area contributed by atoms with Crippen molar-refractivity contribution in [2.45, 2.75) is 24.0 Å². The van der Waals surface area contributed by atoms with E-state index in [2.05, 4.69) is 33.8 Å². The van der Waals surface area contributed by atoms with Crippen molar-refractivity contribution in [1.29, 1.82) is 0 Å². The molecule has 2 rings (SSSR count). The van der Waals surface area contributed by atoms with Crippen molar-refractivity contribution >= 4 is 33.6 Å². The standard InChI is InChI=1S/C15H21BrN2OS/c1-3-17-7-9-18(10-8-17)15(19)12(2)20-14-6-4-5-13(16)11-14/h4-6,11-12H,3,7-10H2,1-2H3. The van der Waals surface area contributed by atoms with Crippen molar-refractivity contribution in [2.75, 3.05) is 32.7 Å². The average Bonchev–Trinajstić information content (AvgIpc) is 2.46. The maximum Gasteiger partial charge on any atom is 0.235 e. The molecule has 1 fully saturated rings. The van der Waals surface area contributed by atoms with Crippen LogP contribution < -0.4 is 0 Å². The molecule has 1 unspecified atom stereocenters. The van der Waals surface area contributed by atoms with Crippen molar-refractivity contribution in [3.63, 3.8) is 0 Å². The summed E-state index contributed by atoms with van der Waals surface area (Å²) in [6.45, 7) is 8.95. The summed E-state index contributed by atoms with van der Waals surface area (Å²) in [6, 6.07) is 8.11. The van der Waals surface area contributed by atoms with Crippen molar-refractivity contribution in [2.24, 2.45) is 0 Å². The number of rotatable bonds is 4. The SMILES string of the molecule is CCN1CCN(C(=O)C(C)Sc2cccc(Br)c2)CC1. The number of benzene rings is 1. The smallest absolute Gasteiger partial charge is 0.235 e. The van der Waals surface area contributed by atoms with E-state index in [4.69, 9.17) is 0 Å². The molecule has 0 aromatic heterocycles. The molecule has 1 aliphatic heterocycles. The van der Waals surface area contributed by atoms with Gasteiger partial charge in [0.15, 0.2) is 0 Å². The van der Waals surface area contributed by atoms with Gasteiger partial charge < -0.3 is 9.80 Å². The lowest BCUT2D eigenvalue weighted by Gasteiger charge is -2.35. The van der Waals surface area contributed by atoms with Gasteiger partial charge in [0.1, 0.15) is 0 Å². The number of carbonyl (C=O) groups excluding carboxylic acids is 1. The van der Waals surface area contributed by atoms with Crippen LogP contribution in [0.2, 0.25) is 0 Å². The lowest BCUT2D eigenvalue weighted by atomic mass is 10.3. The molecule has 0 spiro atoms. The van der Waals surface area contributed by atoms with E-state index in [1.54, 1.807) is 11.8 Å². The minimum absolute atomic E-state index is 0.0301. The summed E-state index contributed by atoms with van der Waals surface area (Å²) in [5.74, 6) is 0.255. The van der Waals surface area contributed by atoms with E-state index in [1.807, 2.05) is 30.0 Å². The van der Waals surface area contributed by atoms with Crippen LogP contribution in [0.1, 0.15) is 13.8 Å². The van der Waals surface area contributed by atoms with Gasteiger partial charge in [0.05, 0.1) is 5.25 Å². The summed E-state index contributed by atoms with van der Waals surface area (Å²) in [7, 11) is 0. The molecular formula is C15H21BrN2OS. The fraction of sp³-hybridized carbons (Fsp3) is 0.533. The summed E-state index contributed by atoms with van der Waals surface area (Å²) in [5.41, 5.74) is 0. The lowest BCUT2D eigenvalue weighted by molar-refractivity contribution is -0.132. The monoisotopic (exact) mass is 356 g/mol. The number of likely N-dealkylation sites (N-methyl/N-ethyl adjacent to an activating group) is 1. The van der Waals surface area contributed by atoms with Gasteiger partial charge >= 0.3 is 0 Å². The molecule has 1 amide bonds. The molecule has 1 aliphatic rings. The number of hydrogen-bond acceptors (Lipinski definition) is 3. The molecule has 0 N–H and O–H groups in total. The Morgan fingerprint density at radius 1 is 1.35 bits per heavy atom. The molecule has 1 aromatic rings. The van der Waals surface area contributed by atoms with Crippen LogP contribution in [0.5, 0.6) is 0 Å². The Hall–Kier alpha value is -0.520. The summed E-state index contributed by atoms with van der Waals surface area (Å²) < 4.78 is 1.05. The van der Waals surface area contributed by atoms with E-state index in [0.29, 0.717) is 0 Å². The van der Waals surface area contributed by atoms with Gasteiger partial charge in [-0.25, -0.2) is 0 Å². The number of amides is 1. The van der Waals surface area contributed by atoms with E-state index in [1.165, 1.54) is 0 Å². The van der Waals surface area contributed by atoms with Crippen LogP contribution in [0, 0.1) is 0 Å². The zero-order valence-electron chi connectivity index (χ0n) is 12.0. The van der Waals surface area contributed by atoms with E-state index in [0.717, 1.165) is 42.1 Å². The number of carbonyl (C=O) groups is 1. The second-order valence-electron chi connectivity index (χ2n) is 4.98. The molecule has 3 nitrogen and oxygen atoms in total. The minimum atomic E-state index is -0.0301. The van der Waals surface area contributed by atoms with Crippen molar-refractivity contribution in [3.8, 4) is 0 Å². The van der Waals surface area contributed by atoms with Crippen LogP contribution in [0.15, 0.2) is 33.6 Å². The molecule has 0 saturated carbocycles. The van der Waals surface area contributed by atoms with E-state index < -0.39 is 0 Å².